The summed E-state index contributed by atoms with van der Waals surface area (Å²) < 4.78 is 30.7. The van der Waals surface area contributed by atoms with Crippen molar-refractivity contribution in [2.24, 2.45) is 5.16 Å². The lowest BCUT2D eigenvalue weighted by molar-refractivity contribution is -0.138. The van der Waals surface area contributed by atoms with Gasteiger partial charge in [0.2, 0.25) is 16.0 Å². The number of imidazole rings is 1. The van der Waals surface area contributed by atoms with Gasteiger partial charge in [0.15, 0.2) is 0 Å². The first kappa shape index (κ1) is 38.9. The van der Waals surface area contributed by atoms with Crippen LogP contribution in [0.2, 0.25) is 0 Å². The van der Waals surface area contributed by atoms with Crippen molar-refractivity contribution in [2.45, 2.75) is 69.0 Å². The molecule has 4 N–H and O–H groups in total. The van der Waals surface area contributed by atoms with Crippen molar-refractivity contribution in [3.8, 4) is 0 Å². The maximum absolute atomic E-state index is 13.2. The average Bonchev–Trinajstić information content (AvgIpc) is 3.85. The molecule has 12 nitrogen and oxygen atoms in total. The Balaban J connectivity index is 1.03. The second-order valence-corrected chi connectivity index (χ2v) is 15.4. The van der Waals surface area contributed by atoms with Crippen molar-refractivity contribution in [1.29, 1.82) is 0 Å². The third kappa shape index (κ3) is 8.63. The first-order valence-corrected chi connectivity index (χ1v) is 19.8. The van der Waals surface area contributed by atoms with Gasteiger partial charge < -0.3 is 20.6 Å². The van der Waals surface area contributed by atoms with E-state index in [9.17, 15) is 23.1 Å². The van der Waals surface area contributed by atoms with Crippen LogP contribution in [0.25, 0.3) is 0 Å². The molecule has 286 valence electrons. The highest BCUT2D eigenvalue weighted by Crippen LogP contribution is 2.42. The van der Waals surface area contributed by atoms with Gasteiger partial charge in [0.1, 0.15) is 23.4 Å². The first-order chi connectivity index (χ1) is 26.5. The monoisotopic (exact) mass is 762 g/mol. The van der Waals surface area contributed by atoms with Crippen LogP contribution in [0.3, 0.4) is 0 Å². The van der Waals surface area contributed by atoms with Crippen molar-refractivity contribution in [3.05, 3.63) is 149 Å². The number of carboxylic acids is 1. The molecule has 0 saturated carbocycles. The maximum atomic E-state index is 13.2. The van der Waals surface area contributed by atoms with Crippen LogP contribution in [0.5, 0.6) is 0 Å². The zero-order chi connectivity index (χ0) is 39.0. The van der Waals surface area contributed by atoms with Gasteiger partial charge in [0, 0.05) is 31.9 Å². The van der Waals surface area contributed by atoms with Gasteiger partial charge in [-0.15, -0.1) is 0 Å². The molecule has 0 spiro atoms. The Bertz CT molecular complexity index is 2120. The van der Waals surface area contributed by atoms with E-state index in [1.807, 2.05) is 37.5 Å². The van der Waals surface area contributed by atoms with Crippen molar-refractivity contribution in [3.63, 3.8) is 0 Å². The number of nitrogens with one attached hydrogen (secondary N) is 3. The SMILES string of the molecule is Cc1cc(C)c(S(=O)(=O)NC(CNC(=O)C2=NOC(CCCCNc3nccn3C(c3ccccc3)(c3ccccc3)c3ccccc3)C2)C(=O)O)c(C)c1. The van der Waals surface area contributed by atoms with Gasteiger partial charge in [-0.2, -0.15) is 4.72 Å². The summed E-state index contributed by atoms with van der Waals surface area (Å²) in [5.41, 5.74) is 4.61. The molecular formula is C42H46N6O6S. The zero-order valence-corrected chi connectivity index (χ0v) is 31.9. The van der Waals surface area contributed by atoms with Crippen molar-refractivity contribution < 1.29 is 28.0 Å². The molecule has 2 unspecified atom stereocenters. The van der Waals surface area contributed by atoms with Crippen molar-refractivity contribution >= 4 is 33.6 Å². The molecule has 0 saturated heterocycles. The molecule has 0 radical (unpaired) electrons. The second-order valence-electron chi connectivity index (χ2n) is 13.8. The number of carboxylic acid groups (broad SMARTS) is 1. The molecule has 1 aliphatic heterocycles. The standard InChI is InChI=1S/C42H46N6O6S/c1-29-25-30(2)38(31(3)26-29)55(52,53)47-37(40(50)51)28-45-39(49)36-27-35(54-46-36)21-13-14-22-43-41-44-23-24-48(41)42(32-15-7-4-8-16-32,33-17-9-5-10-18-33)34-19-11-6-12-20-34/h4-12,15-20,23-26,35,37,47H,13-14,21-22,27-28H2,1-3H3,(H,43,44)(H,45,49)(H,50,51). The Kier molecular flexibility index (Phi) is 12.1. The molecule has 13 heteroatoms. The topological polar surface area (TPSA) is 164 Å². The van der Waals surface area contributed by atoms with Gasteiger partial charge >= 0.3 is 5.97 Å². The fourth-order valence-corrected chi connectivity index (χ4v) is 9.03. The number of aromatic nitrogens is 2. The molecule has 1 aromatic heterocycles. The minimum Gasteiger partial charge on any atom is -0.480 e. The number of oxime groups is 1. The third-order valence-corrected chi connectivity index (χ3v) is 11.5. The number of benzene rings is 4. The van der Waals surface area contributed by atoms with E-state index in [0.717, 1.165) is 41.0 Å². The molecular weight excluding hydrogens is 717 g/mol. The smallest absolute Gasteiger partial charge is 0.323 e. The molecule has 4 aromatic carbocycles. The lowest BCUT2D eigenvalue weighted by atomic mass is 9.76. The highest BCUT2D eigenvalue weighted by Gasteiger charge is 2.40. The minimum absolute atomic E-state index is 0.0205. The van der Waals surface area contributed by atoms with E-state index >= 15 is 0 Å². The van der Waals surface area contributed by atoms with Crippen LogP contribution in [0.4, 0.5) is 5.95 Å². The summed E-state index contributed by atoms with van der Waals surface area (Å²) in [6.45, 7) is 5.33. The van der Waals surface area contributed by atoms with E-state index in [2.05, 4.69) is 97.9 Å². The number of sulfonamides is 1. The summed E-state index contributed by atoms with van der Waals surface area (Å²) in [6.07, 6.45) is 5.97. The Hall–Kier alpha value is -5.79. The van der Waals surface area contributed by atoms with E-state index in [1.165, 1.54) is 0 Å². The number of unbranched alkanes of at least 4 members (excludes halogenated alkanes) is 1. The molecule has 6 rings (SSSR count). The summed E-state index contributed by atoms with van der Waals surface area (Å²) in [7, 11) is -4.18. The molecule has 1 amide bonds. The number of amides is 1. The summed E-state index contributed by atoms with van der Waals surface area (Å²) in [6, 6.07) is 33.0. The molecule has 0 aliphatic carbocycles. The summed E-state index contributed by atoms with van der Waals surface area (Å²) in [5, 5.41) is 19.8. The van der Waals surface area contributed by atoms with Gasteiger partial charge in [0.05, 0.1) is 4.90 Å². The molecule has 1 aliphatic rings. The highest BCUT2D eigenvalue weighted by molar-refractivity contribution is 7.89. The number of carbonyl (C=O) groups is 2. The zero-order valence-electron chi connectivity index (χ0n) is 31.1. The molecule has 0 bridgehead atoms. The van der Waals surface area contributed by atoms with Crippen LogP contribution in [0.15, 0.2) is 126 Å². The van der Waals surface area contributed by atoms with Crippen LogP contribution in [0.1, 0.15) is 59.1 Å². The first-order valence-electron chi connectivity index (χ1n) is 18.3. The fraction of sp³-hybridized carbons (Fsp3) is 0.286. The van der Waals surface area contributed by atoms with Gasteiger partial charge in [-0.1, -0.05) is 114 Å². The lowest BCUT2D eigenvalue weighted by Gasteiger charge is -2.38. The van der Waals surface area contributed by atoms with E-state index in [1.54, 1.807) is 26.0 Å². The predicted octanol–water partition coefficient (Wildman–Crippen LogP) is 5.92. The second kappa shape index (κ2) is 17.1. The number of hydrogen-bond acceptors (Lipinski definition) is 8. The Labute approximate surface area is 321 Å². The van der Waals surface area contributed by atoms with Crippen LogP contribution >= 0.6 is 0 Å². The third-order valence-electron chi connectivity index (χ3n) is 9.74. The largest absolute Gasteiger partial charge is 0.480 e. The predicted molar refractivity (Wildman–Crippen MR) is 212 cm³/mol. The lowest BCUT2D eigenvalue weighted by Crippen LogP contribution is -2.49. The van der Waals surface area contributed by atoms with Crippen molar-refractivity contribution in [1.82, 2.24) is 19.6 Å². The van der Waals surface area contributed by atoms with E-state index < -0.39 is 40.0 Å². The average molecular weight is 763 g/mol. The fourth-order valence-electron chi connectivity index (χ4n) is 7.39. The molecule has 2 atom stereocenters. The quantitative estimate of drug-likeness (QED) is 0.0670. The number of aliphatic carboxylic acids is 1. The van der Waals surface area contributed by atoms with Gasteiger partial charge in [0.25, 0.3) is 5.91 Å². The van der Waals surface area contributed by atoms with Crippen molar-refractivity contribution in [2.75, 3.05) is 18.4 Å². The number of rotatable bonds is 17. The Morgan fingerprint density at radius 1 is 0.891 bits per heavy atom. The van der Waals surface area contributed by atoms with Crippen LogP contribution in [-0.4, -0.2) is 65.9 Å². The maximum Gasteiger partial charge on any atom is 0.323 e. The Morgan fingerprint density at radius 2 is 1.45 bits per heavy atom. The van der Waals surface area contributed by atoms with Crippen LogP contribution < -0.4 is 15.4 Å². The normalized spacial score (nSPS) is 14.8. The van der Waals surface area contributed by atoms with Gasteiger partial charge in [-0.25, -0.2) is 13.4 Å². The summed E-state index contributed by atoms with van der Waals surface area (Å²) in [5.74, 6) is -1.30. The molecule has 55 heavy (non-hydrogen) atoms. The number of hydrogen-bond donors (Lipinski definition) is 4. The Morgan fingerprint density at radius 3 is 2.00 bits per heavy atom. The minimum atomic E-state index is -4.18. The summed E-state index contributed by atoms with van der Waals surface area (Å²) in [4.78, 5) is 35.2. The van der Waals surface area contributed by atoms with Gasteiger partial charge in [-0.3, -0.25) is 14.2 Å². The highest BCUT2D eigenvalue weighted by atomic mass is 32.2. The molecule has 0 fully saturated rings. The summed E-state index contributed by atoms with van der Waals surface area (Å²) >= 11 is 0. The number of anilines is 1. The van der Waals surface area contributed by atoms with E-state index in [0.29, 0.717) is 24.1 Å². The van der Waals surface area contributed by atoms with E-state index in [-0.39, 0.29) is 23.1 Å². The molecule has 2 heterocycles. The van der Waals surface area contributed by atoms with Gasteiger partial charge in [-0.05, 0) is 67.9 Å². The molecule has 5 aromatic rings. The van der Waals surface area contributed by atoms with E-state index in [4.69, 9.17) is 9.82 Å². The number of carbonyl (C=O) groups excluding carboxylic acids is 1. The van der Waals surface area contributed by atoms with Crippen LogP contribution in [-0.2, 0) is 30.0 Å². The number of aryl methyl sites for hydroxylation is 3. The van der Waals surface area contributed by atoms with Crippen LogP contribution in [0, 0.1) is 20.8 Å². The number of nitrogens with zero attached hydrogens (tertiary/aromatic N) is 3.